The van der Waals surface area contributed by atoms with Crippen LogP contribution in [0.4, 0.5) is 0 Å². The van der Waals surface area contributed by atoms with Crippen LogP contribution in [0.5, 0.6) is 11.5 Å². The third kappa shape index (κ3) is 2.29. The number of carbonyl (C=O) groups is 1. The predicted octanol–water partition coefficient (Wildman–Crippen LogP) is 2.81. The summed E-state index contributed by atoms with van der Waals surface area (Å²) in [4.78, 5) is 13.0. The molecular formula is C20H21NO3. The van der Waals surface area contributed by atoms with Gasteiger partial charge in [0.25, 0.3) is 0 Å². The highest BCUT2D eigenvalue weighted by Gasteiger charge is 2.48. The van der Waals surface area contributed by atoms with Crippen molar-refractivity contribution in [2.24, 2.45) is 5.92 Å². The van der Waals surface area contributed by atoms with Gasteiger partial charge in [0.1, 0.15) is 0 Å². The fourth-order valence-electron chi connectivity index (χ4n) is 4.14. The minimum absolute atomic E-state index is 0.00276. The van der Waals surface area contributed by atoms with E-state index in [2.05, 4.69) is 17.4 Å². The Hall–Kier alpha value is -2.33. The van der Waals surface area contributed by atoms with E-state index in [-0.39, 0.29) is 23.7 Å². The zero-order valence-electron chi connectivity index (χ0n) is 13.9. The first-order chi connectivity index (χ1) is 11.7. The van der Waals surface area contributed by atoms with Crippen molar-refractivity contribution in [1.82, 2.24) is 5.32 Å². The van der Waals surface area contributed by atoms with Gasteiger partial charge < -0.3 is 14.8 Å². The Kier molecular flexibility index (Phi) is 3.77. The zero-order chi connectivity index (χ0) is 16.7. The van der Waals surface area contributed by atoms with Gasteiger partial charge in [0.15, 0.2) is 17.3 Å². The van der Waals surface area contributed by atoms with Crippen molar-refractivity contribution in [3.05, 3.63) is 59.2 Å². The standard InChI is InChI=1S/C20H21NO3/c1-23-17-9-13-14(10-18(17)24-2)20(22)19-15(13)11-21-16(19)8-12-6-4-3-5-7-12/h3-7,9-10,15-16,19,21H,8,11H2,1-2H3. The van der Waals surface area contributed by atoms with E-state index in [1.54, 1.807) is 14.2 Å². The van der Waals surface area contributed by atoms with E-state index in [0.29, 0.717) is 11.5 Å². The number of nitrogens with one attached hydrogen (secondary N) is 1. The molecule has 1 saturated heterocycles. The highest BCUT2D eigenvalue weighted by molar-refractivity contribution is 6.04. The maximum Gasteiger partial charge on any atom is 0.168 e. The van der Waals surface area contributed by atoms with E-state index in [1.165, 1.54) is 5.56 Å². The van der Waals surface area contributed by atoms with Gasteiger partial charge >= 0.3 is 0 Å². The van der Waals surface area contributed by atoms with Gasteiger partial charge in [-0.1, -0.05) is 30.3 Å². The van der Waals surface area contributed by atoms with Crippen molar-refractivity contribution < 1.29 is 14.3 Å². The van der Waals surface area contributed by atoms with E-state index in [1.807, 2.05) is 30.3 Å². The van der Waals surface area contributed by atoms with Crippen molar-refractivity contribution >= 4 is 5.78 Å². The maximum atomic E-state index is 13.0. The molecule has 0 bridgehead atoms. The number of methoxy groups -OCH3 is 2. The molecule has 1 N–H and O–H groups in total. The summed E-state index contributed by atoms with van der Waals surface area (Å²) in [6, 6.07) is 14.3. The first kappa shape index (κ1) is 15.2. The quantitative estimate of drug-likeness (QED) is 0.940. The number of hydrogen-bond acceptors (Lipinski definition) is 4. The Balaban J connectivity index is 1.66. The Morgan fingerprint density at radius 1 is 1.08 bits per heavy atom. The molecule has 4 nitrogen and oxygen atoms in total. The van der Waals surface area contributed by atoms with E-state index >= 15 is 0 Å². The third-order valence-electron chi connectivity index (χ3n) is 5.29. The Morgan fingerprint density at radius 2 is 1.79 bits per heavy atom. The number of ether oxygens (including phenoxy) is 2. The van der Waals surface area contributed by atoms with Gasteiger partial charge in [-0.3, -0.25) is 4.79 Å². The fraction of sp³-hybridized carbons (Fsp3) is 0.350. The number of benzene rings is 2. The number of Topliss-reactive ketones (excluding diaryl/α,β-unsaturated/α-hetero) is 1. The molecule has 124 valence electrons. The molecule has 1 fully saturated rings. The summed E-state index contributed by atoms with van der Waals surface area (Å²) in [6.07, 6.45) is 0.871. The highest BCUT2D eigenvalue weighted by atomic mass is 16.5. The molecule has 4 rings (SSSR count). The second kappa shape index (κ2) is 5.95. The molecule has 3 atom stereocenters. The Labute approximate surface area is 141 Å². The van der Waals surface area contributed by atoms with Crippen molar-refractivity contribution in [1.29, 1.82) is 0 Å². The van der Waals surface area contributed by atoms with Crippen molar-refractivity contribution in [2.75, 3.05) is 20.8 Å². The SMILES string of the molecule is COc1cc2c(cc1OC)C1CNC(Cc3ccccc3)C1C2=O. The molecule has 2 aliphatic rings. The lowest BCUT2D eigenvalue weighted by Crippen LogP contribution is -2.32. The average Bonchev–Trinajstić information content (AvgIpc) is 3.15. The van der Waals surface area contributed by atoms with Crippen LogP contribution in [-0.2, 0) is 6.42 Å². The molecule has 1 aliphatic heterocycles. The molecule has 2 aromatic rings. The Bertz CT molecular complexity index is 772. The summed E-state index contributed by atoms with van der Waals surface area (Å²) < 4.78 is 10.8. The smallest absolute Gasteiger partial charge is 0.168 e. The molecule has 0 radical (unpaired) electrons. The minimum atomic E-state index is -0.00276. The van der Waals surface area contributed by atoms with Gasteiger partial charge in [-0.2, -0.15) is 0 Å². The molecule has 3 unspecified atom stereocenters. The molecule has 24 heavy (non-hydrogen) atoms. The molecule has 0 aromatic heterocycles. The van der Waals surface area contributed by atoms with Crippen LogP contribution in [-0.4, -0.2) is 32.6 Å². The number of ketones is 1. The van der Waals surface area contributed by atoms with E-state index in [9.17, 15) is 4.79 Å². The molecule has 0 amide bonds. The van der Waals surface area contributed by atoms with Crippen LogP contribution in [0.2, 0.25) is 0 Å². The van der Waals surface area contributed by atoms with E-state index in [4.69, 9.17) is 9.47 Å². The lowest BCUT2D eigenvalue weighted by Gasteiger charge is -2.17. The largest absolute Gasteiger partial charge is 0.493 e. The van der Waals surface area contributed by atoms with E-state index in [0.717, 1.165) is 24.1 Å². The molecule has 2 aromatic carbocycles. The van der Waals surface area contributed by atoms with Crippen LogP contribution >= 0.6 is 0 Å². The first-order valence-electron chi connectivity index (χ1n) is 8.30. The molecule has 1 aliphatic carbocycles. The first-order valence-corrected chi connectivity index (χ1v) is 8.30. The van der Waals surface area contributed by atoms with Gasteiger partial charge in [0, 0.05) is 30.0 Å². The lowest BCUT2D eigenvalue weighted by atomic mass is 9.88. The van der Waals surface area contributed by atoms with Gasteiger partial charge in [0.2, 0.25) is 0 Å². The number of fused-ring (bicyclic) bond motifs is 3. The van der Waals surface area contributed by atoms with Crippen molar-refractivity contribution in [3.8, 4) is 11.5 Å². The van der Waals surface area contributed by atoms with Crippen LogP contribution in [0.3, 0.4) is 0 Å². The van der Waals surface area contributed by atoms with Crippen LogP contribution in [0.1, 0.15) is 27.4 Å². The summed E-state index contributed by atoms with van der Waals surface area (Å²) in [5.41, 5.74) is 3.14. The van der Waals surface area contributed by atoms with Crippen molar-refractivity contribution in [2.45, 2.75) is 18.4 Å². The topological polar surface area (TPSA) is 47.6 Å². The lowest BCUT2D eigenvalue weighted by molar-refractivity contribution is 0.0919. The van der Waals surface area contributed by atoms with Gasteiger partial charge in [-0.15, -0.1) is 0 Å². The van der Waals surface area contributed by atoms with Gasteiger partial charge in [-0.05, 0) is 29.7 Å². The molecule has 1 heterocycles. The van der Waals surface area contributed by atoms with Crippen LogP contribution in [0, 0.1) is 5.92 Å². The van der Waals surface area contributed by atoms with Gasteiger partial charge in [-0.25, -0.2) is 0 Å². The summed E-state index contributed by atoms with van der Waals surface area (Å²) in [5.74, 6) is 1.76. The predicted molar refractivity (Wildman–Crippen MR) is 92.0 cm³/mol. The minimum Gasteiger partial charge on any atom is -0.493 e. The zero-order valence-corrected chi connectivity index (χ0v) is 13.9. The highest BCUT2D eigenvalue weighted by Crippen LogP contribution is 2.47. The van der Waals surface area contributed by atoms with Crippen LogP contribution in [0.15, 0.2) is 42.5 Å². The third-order valence-corrected chi connectivity index (χ3v) is 5.29. The second-order valence-electron chi connectivity index (χ2n) is 6.50. The molecule has 0 saturated carbocycles. The Morgan fingerprint density at radius 3 is 2.50 bits per heavy atom. The normalized spacial score (nSPS) is 24.6. The van der Waals surface area contributed by atoms with Crippen LogP contribution in [0.25, 0.3) is 0 Å². The summed E-state index contributed by atoms with van der Waals surface area (Å²) in [6.45, 7) is 0.830. The summed E-state index contributed by atoms with van der Waals surface area (Å²) >= 11 is 0. The van der Waals surface area contributed by atoms with E-state index < -0.39 is 0 Å². The second-order valence-corrected chi connectivity index (χ2v) is 6.50. The number of rotatable bonds is 4. The van der Waals surface area contributed by atoms with Crippen molar-refractivity contribution in [3.63, 3.8) is 0 Å². The monoisotopic (exact) mass is 323 g/mol. The van der Waals surface area contributed by atoms with Gasteiger partial charge in [0.05, 0.1) is 14.2 Å². The number of carbonyl (C=O) groups excluding carboxylic acids is 1. The molecule has 4 heteroatoms. The number of hydrogen-bond donors (Lipinski definition) is 1. The molecule has 0 spiro atoms. The molecular weight excluding hydrogens is 302 g/mol. The summed E-state index contributed by atoms with van der Waals surface area (Å²) in [7, 11) is 3.23. The average molecular weight is 323 g/mol. The fourth-order valence-corrected chi connectivity index (χ4v) is 4.14. The maximum absolute atomic E-state index is 13.0. The summed E-state index contributed by atoms with van der Waals surface area (Å²) in [5, 5.41) is 3.55. The van der Waals surface area contributed by atoms with Crippen LogP contribution < -0.4 is 14.8 Å².